The third-order valence-electron chi connectivity index (χ3n) is 2.56. The maximum absolute atomic E-state index is 12.4. The molecule has 0 aliphatic heterocycles. The Balaban J connectivity index is 2.10. The molecule has 0 aromatic heterocycles. The highest BCUT2D eigenvalue weighted by Crippen LogP contribution is 2.51. The molecular formula is C9H15ClF2. The molecule has 0 atom stereocenters. The Hall–Kier alpha value is 0.150. The van der Waals surface area contributed by atoms with Crippen LogP contribution in [-0.4, -0.2) is 11.8 Å². The number of rotatable bonds is 5. The van der Waals surface area contributed by atoms with Gasteiger partial charge in [-0.15, -0.1) is 11.6 Å². The molecule has 1 fully saturated rings. The van der Waals surface area contributed by atoms with Crippen LogP contribution in [0.5, 0.6) is 0 Å². The predicted octanol–water partition coefficient (Wildman–Crippen LogP) is 3.83. The molecule has 3 heteroatoms. The van der Waals surface area contributed by atoms with E-state index in [2.05, 4.69) is 0 Å². The summed E-state index contributed by atoms with van der Waals surface area (Å²) in [6.45, 7) is 0.979. The molecule has 0 saturated heterocycles. The first-order chi connectivity index (χ1) is 5.47. The van der Waals surface area contributed by atoms with E-state index in [0.29, 0.717) is 12.3 Å². The Morgan fingerprint density at radius 3 is 2.33 bits per heavy atom. The Morgan fingerprint density at radius 1 is 1.42 bits per heavy atom. The number of halogens is 3. The Kier molecular flexibility index (Phi) is 2.97. The first-order valence-electron chi connectivity index (χ1n) is 4.41. The van der Waals surface area contributed by atoms with Crippen molar-refractivity contribution in [3.05, 3.63) is 0 Å². The normalized spacial score (nSPS) is 21.0. The van der Waals surface area contributed by atoms with Crippen LogP contribution in [0.4, 0.5) is 8.78 Å². The standard InChI is InChI=1S/C9H15ClF2/c1-8(11,12)3-2-4-9(7-10)5-6-9/h2-7H2,1H3. The fourth-order valence-corrected chi connectivity index (χ4v) is 1.80. The number of hydrogen-bond donors (Lipinski definition) is 0. The van der Waals surface area contributed by atoms with Crippen LogP contribution in [0, 0.1) is 5.41 Å². The van der Waals surface area contributed by atoms with Gasteiger partial charge in [-0.1, -0.05) is 0 Å². The highest BCUT2D eigenvalue weighted by molar-refractivity contribution is 6.18. The molecule has 72 valence electrons. The first kappa shape index (κ1) is 10.2. The van der Waals surface area contributed by atoms with Gasteiger partial charge in [-0.3, -0.25) is 0 Å². The average molecular weight is 197 g/mol. The van der Waals surface area contributed by atoms with Crippen molar-refractivity contribution in [3.8, 4) is 0 Å². The molecule has 0 amide bonds. The Labute approximate surface area is 77.3 Å². The number of hydrogen-bond acceptors (Lipinski definition) is 0. The summed E-state index contributed by atoms with van der Waals surface area (Å²) in [5, 5.41) is 0. The van der Waals surface area contributed by atoms with Gasteiger partial charge in [0.1, 0.15) is 0 Å². The largest absolute Gasteiger partial charge is 0.245 e. The molecule has 0 unspecified atom stereocenters. The topological polar surface area (TPSA) is 0 Å². The summed E-state index contributed by atoms with van der Waals surface area (Å²) in [5.41, 5.74) is 0.243. The molecule has 1 aliphatic carbocycles. The van der Waals surface area contributed by atoms with Gasteiger partial charge in [-0.2, -0.15) is 0 Å². The van der Waals surface area contributed by atoms with Crippen molar-refractivity contribution >= 4 is 11.6 Å². The molecule has 0 N–H and O–H groups in total. The van der Waals surface area contributed by atoms with Crippen LogP contribution in [0.25, 0.3) is 0 Å². The quantitative estimate of drug-likeness (QED) is 0.587. The molecule has 0 aromatic rings. The summed E-state index contributed by atoms with van der Waals surface area (Å²) in [6.07, 6.45) is 3.75. The average Bonchev–Trinajstić information content (AvgIpc) is 2.67. The van der Waals surface area contributed by atoms with Gasteiger partial charge in [0.15, 0.2) is 0 Å². The summed E-state index contributed by atoms with van der Waals surface area (Å²) in [7, 11) is 0. The zero-order valence-corrected chi connectivity index (χ0v) is 8.13. The fraction of sp³-hybridized carbons (Fsp3) is 1.00. The van der Waals surface area contributed by atoms with E-state index in [9.17, 15) is 8.78 Å². The maximum Gasteiger partial charge on any atom is 0.245 e. The van der Waals surface area contributed by atoms with Crippen LogP contribution in [0.15, 0.2) is 0 Å². The van der Waals surface area contributed by atoms with Gasteiger partial charge in [0.25, 0.3) is 0 Å². The van der Waals surface area contributed by atoms with Crippen molar-refractivity contribution in [1.82, 2.24) is 0 Å². The molecule has 0 radical (unpaired) electrons. The Bertz CT molecular complexity index is 147. The van der Waals surface area contributed by atoms with Gasteiger partial charge < -0.3 is 0 Å². The SMILES string of the molecule is CC(F)(F)CCCC1(CCl)CC1. The summed E-state index contributed by atoms with van der Waals surface area (Å²) >= 11 is 5.72. The van der Waals surface area contributed by atoms with Crippen molar-refractivity contribution in [2.45, 2.75) is 45.0 Å². The lowest BCUT2D eigenvalue weighted by Crippen LogP contribution is -2.11. The summed E-state index contributed by atoms with van der Waals surface area (Å²) in [4.78, 5) is 0. The lowest BCUT2D eigenvalue weighted by Gasteiger charge is -2.13. The smallest absolute Gasteiger partial charge is 0.207 e. The van der Waals surface area contributed by atoms with E-state index in [0.717, 1.165) is 26.2 Å². The fourth-order valence-electron chi connectivity index (χ4n) is 1.40. The molecule has 1 rings (SSSR count). The highest BCUT2D eigenvalue weighted by atomic mass is 35.5. The minimum absolute atomic E-state index is 0.00559. The summed E-state index contributed by atoms with van der Waals surface area (Å²) < 4.78 is 24.8. The van der Waals surface area contributed by atoms with Crippen LogP contribution < -0.4 is 0 Å². The van der Waals surface area contributed by atoms with Crippen LogP contribution in [0.1, 0.15) is 39.0 Å². The monoisotopic (exact) mass is 196 g/mol. The highest BCUT2D eigenvalue weighted by Gasteiger charge is 2.41. The van der Waals surface area contributed by atoms with E-state index in [1.807, 2.05) is 0 Å². The third-order valence-corrected chi connectivity index (χ3v) is 3.13. The van der Waals surface area contributed by atoms with Crippen molar-refractivity contribution < 1.29 is 8.78 Å². The van der Waals surface area contributed by atoms with Gasteiger partial charge in [0.2, 0.25) is 5.92 Å². The van der Waals surface area contributed by atoms with Crippen molar-refractivity contribution in [2.75, 3.05) is 5.88 Å². The molecule has 0 bridgehead atoms. The summed E-state index contributed by atoms with van der Waals surface area (Å²) in [5.74, 6) is -1.86. The predicted molar refractivity (Wildman–Crippen MR) is 46.9 cm³/mol. The van der Waals surface area contributed by atoms with Gasteiger partial charge in [-0.25, -0.2) is 8.78 Å². The molecule has 0 spiro atoms. The van der Waals surface area contributed by atoms with E-state index in [4.69, 9.17) is 11.6 Å². The minimum atomic E-state index is -2.50. The number of alkyl halides is 3. The van der Waals surface area contributed by atoms with Crippen molar-refractivity contribution in [2.24, 2.45) is 5.41 Å². The molecule has 0 heterocycles. The van der Waals surface area contributed by atoms with Gasteiger partial charge in [-0.05, 0) is 38.0 Å². The van der Waals surface area contributed by atoms with Crippen LogP contribution in [0.2, 0.25) is 0 Å². The van der Waals surface area contributed by atoms with E-state index >= 15 is 0 Å². The second-order valence-electron chi connectivity index (χ2n) is 4.06. The van der Waals surface area contributed by atoms with Gasteiger partial charge in [0, 0.05) is 12.3 Å². The minimum Gasteiger partial charge on any atom is -0.207 e. The second-order valence-corrected chi connectivity index (χ2v) is 4.32. The molecular weight excluding hydrogens is 182 g/mol. The lowest BCUT2D eigenvalue weighted by molar-refractivity contribution is 0.00935. The molecule has 0 nitrogen and oxygen atoms in total. The zero-order chi connectivity index (χ0) is 9.24. The molecule has 0 aromatic carbocycles. The zero-order valence-electron chi connectivity index (χ0n) is 7.38. The lowest BCUT2D eigenvalue weighted by atomic mass is 10.00. The van der Waals surface area contributed by atoms with Crippen LogP contribution in [0.3, 0.4) is 0 Å². The van der Waals surface area contributed by atoms with E-state index in [1.54, 1.807) is 0 Å². The van der Waals surface area contributed by atoms with Crippen molar-refractivity contribution in [3.63, 3.8) is 0 Å². The maximum atomic E-state index is 12.4. The second kappa shape index (κ2) is 3.49. The van der Waals surface area contributed by atoms with Crippen molar-refractivity contribution in [1.29, 1.82) is 0 Å². The Morgan fingerprint density at radius 2 is 2.00 bits per heavy atom. The van der Waals surface area contributed by atoms with E-state index in [1.165, 1.54) is 0 Å². The van der Waals surface area contributed by atoms with Gasteiger partial charge in [0.05, 0.1) is 0 Å². The molecule has 1 saturated carbocycles. The van der Waals surface area contributed by atoms with Crippen LogP contribution >= 0.6 is 11.6 Å². The summed E-state index contributed by atoms with van der Waals surface area (Å²) in [6, 6.07) is 0. The van der Waals surface area contributed by atoms with Crippen LogP contribution in [-0.2, 0) is 0 Å². The third kappa shape index (κ3) is 3.26. The first-order valence-corrected chi connectivity index (χ1v) is 4.95. The molecule has 12 heavy (non-hydrogen) atoms. The van der Waals surface area contributed by atoms with E-state index in [-0.39, 0.29) is 11.8 Å². The van der Waals surface area contributed by atoms with Gasteiger partial charge >= 0.3 is 0 Å². The van der Waals surface area contributed by atoms with E-state index < -0.39 is 5.92 Å². The molecule has 1 aliphatic rings.